The van der Waals surface area contributed by atoms with E-state index in [0.29, 0.717) is 18.1 Å². The Balaban J connectivity index is 1.98. The molecular formula is C16H29N3O. The van der Waals surface area contributed by atoms with Crippen molar-refractivity contribution in [1.82, 2.24) is 10.2 Å². The SMILES string of the molecule is CCOC1CCCN(CC(C#N)(NC(C)C)C2CC2)C1. The van der Waals surface area contributed by atoms with Crippen molar-refractivity contribution in [1.29, 1.82) is 5.26 Å². The minimum atomic E-state index is -0.359. The first kappa shape index (κ1) is 15.8. The minimum Gasteiger partial charge on any atom is -0.377 e. The average Bonchev–Trinajstić information content (AvgIpc) is 3.23. The second-order valence-corrected chi connectivity index (χ2v) is 6.61. The van der Waals surface area contributed by atoms with Crippen LogP contribution in [0.1, 0.15) is 46.5 Å². The van der Waals surface area contributed by atoms with Gasteiger partial charge in [0.05, 0.1) is 12.2 Å². The van der Waals surface area contributed by atoms with E-state index in [1.54, 1.807) is 0 Å². The van der Waals surface area contributed by atoms with E-state index in [-0.39, 0.29) is 5.54 Å². The topological polar surface area (TPSA) is 48.3 Å². The van der Waals surface area contributed by atoms with E-state index in [1.807, 2.05) is 0 Å². The molecule has 1 saturated heterocycles. The fourth-order valence-corrected chi connectivity index (χ4v) is 3.42. The third-order valence-corrected chi connectivity index (χ3v) is 4.36. The highest BCUT2D eigenvalue weighted by molar-refractivity contribution is 5.17. The average molecular weight is 279 g/mol. The summed E-state index contributed by atoms with van der Waals surface area (Å²) in [5, 5.41) is 13.3. The molecule has 1 N–H and O–H groups in total. The van der Waals surface area contributed by atoms with Crippen molar-refractivity contribution in [2.24, 2.45) is 5.92 Å². The molecule has 4 heteroatoms. The van der Waals surface area contributed by atoms with Crippen LogP contribution >= 0.6 is 0 Å². The maximum atomic E-state index is 9.77. The van der Waals surface area contributed by atoms with E-state index >= 15 is 0 Å². The molecule has 0 aromatic carbocycles. The van der Waals surface area contributed by atoms with E-state index in [0.717, 1.165) is 32.7 Å². The quantitative estimate of drug-likeness (QED) is 0.776. The maximum absolute atomic E-state index is 9.77. The Bertz CT molecular complexity index is 346. The molecule has 2 aliphatic rings. The lowest BCUT2D eigenvalue weighted by Crippen LogP contribution is -2.58. The van der Waals surface area contributed by atoms with E-state index in [1.165, 1.54) is 19.3 Å². The number of nitrogens with one attached hydrogen (secondary N) is 1. The Morgan fingerprint density at radius 3 is 2.70 bits per heavy atom. The van der Waals surface area contributed by atoms with Crippen molar-refractivity contribution in [2.45, 2.75) is 64.1 Å². The van der Waals surface area contributed by atoms with Crippen LogP contribution in [-0.2, 0) is 4.74 Å². The Labute approximate surface area is 123 Å². The van der Waals surface area contributed by atoms with Crippen molar-refractivity contribution in [3.05, 3.63) is 0 Å². The van der Waals surface area contributed by atoms with Crippen molar-refractivity contribution in [2.75, 3.05) is 26.2 Å². The van der Waals surface area contributed by atoms with Gasteiger partial charge in [-0.05, 0) is 58.9 Å². The summed E-state index contributed by atoms with van der Waals surface area (Å²) in [5.41, 5.74) is -0.359. The molecule has 1 heterocycles. The molecule has 2 fully saturated rings. The van der Waals surface area contributed by atoms with Crippen LogP contribution in [0.4, 0.5) is 0 Å². The smallest absolute Gasteiger partial charge is 0.122 e. The lowest BCUT2D eigenvalue weighted by Gasteiger charge is -2.39. The first-order valence-corrected chi connectivity index (χ1v) is 8.12. The second-order valence-electron chi connectivity index (χ2n) is 6.61. The van der Waals surface area contributed by atoms with Crippen molar-refractivity contribution in [3.63, 3.8) is 0 Å². The molecule has 1 saturated carbocycles. The van der Waals surface area contributed by atoms with Crippen molar-refractivity contribution >= 4 is 0 Å². The summed E-state index contributed by atoms with van der Waals surface area (Å²) in [5.74, 6) is 0.530. The standard InChI is InChI=1S/C16H29N3O/c1-4-20-15-6-5-9-19(10-15)12-16(11-17,14-7-8-14)18-13(2)3/h13-15,18H,4-10,12H2,1-3H3. The van der Waals surface area contributed by atoms with E-state index < -0.39 is 0 Å². The highest BCUT2D eigenvalue weighted by Crippen LogP contribution is 2.40. The van der Waals surface area contributed by atoms with Crippen LogP contribution < -0.4 is 5.32 Å². The van der Waals surface area contributed by atoms with Crippen molar-refractivity contribution < 1.29 is 4.74 Å². The molecule has 0 radical (unpaired) electrons. The summed E-state index contributed by atoms with van der Waals surface area (Å²) in [6.07, 6.45) is 5.07. The van der Waals surface area contributed by atoms with Gasteiger partial charge in [-0.2, -0.15) is 5.26 Å². The molecular weight excluding hydrogens is 250 g/mol. The van der Waals surface area contributed by atoms with Gasteiger partial charge < -0.3 is 4.74 Å². The van der Waals surface area contributed by atoms with E-state index in [9.17, 15) is 5.26 Å². The number of piperidine rings is 1. The van der Waals surface area contributed by atoms with E-state index in [4.69, 9.17) is 4.74 Å². The molecule has 4 nitrogen and oxygen atoms in total. The highest BCUT2D eigenvalue weighted by Gasteiger charge is 2.47. The Kier molecular flexibility index (Phi) is 5.42. The number of rotatable bonds is 7. The van der Waals surface area contributed by atoms with Crippen LogP contribution in [0.15, 0.2) is 0 Å². The van der Waals surface area contributed by atoms with Crippen LogP contribution in [0, 0.1) is 17.2 Å². The van der Waals surface area contributed by atoms with Crippen LogP contribution in [-0.4, -0.2) is 48.8 Å². The first-order chi connectivity index (χ1) is 9.59. The Hall–Kier alpha value is -0.630. The number of nitrogens with zero attached hydrogens (tertiary/aromatic N) is 2. The normalized spacial score (nSPS) is 27.2. The lowest BCUT2D eigenvalue weighted by atomic mass is 9.92. The molecule has 2 atom stereocenters. The van der Waals surface area contributed by atoms with Gasteiger partial charge in [0.2, 0.25) is 0 Å². The highest BCUT2D eigenvalue weighted by atomic mass is 16.5. The molecule has 0 spiro atoms. The van der Waals surface area contributed by atoms with Crippen LogP contribution in [0.3, 0.4) is 0 Å². The summed E-state index contributed by atoms with van der Waals surface area (Å²) >= 11 is 0. The van der Waals surface area contributed by atoms with Gasteiger partial charge in [0.1, 0.15) is 5.54 Å². The first-order valence-electron chi connectivity index (χ1n) is 8.12. The predicted molar refractivity (Wildman–Crippen MR) is 80.4 cm³/mol. The zero-order valence-electron chi connectivity index (χ0n) is 13.2. The number of hydrogen-bond acceptors (Lipinski definition) is 4. The fraction of sp³-hybridized carbons (Fsp3) is 0.938. The zero-order chi connectivity index (χ0) is 14.6. The molecule has 20 heavy (non-hydrogen) atoms. The van der Waals surface area contributed by atoms with Crippen molar-refractivity contribution in [3.8, 4) is 6.07 Å². The van der Waals surface area contributed by atoms with E-state index in [2.05, 4.69) is 37.1 Å². The van der Waals surface area contributed by atoms with Gasteiger partial charge in [0.15, 0.2) is 0 Å². The van der Waals surface area contributed by atoms with Gasteiger partial charge in [-0.1, -0.05) is 0 Å². The monoisotopic (exact) mass is 279 g/mol. The summed E-state index contributed by atoms with van der Waals surface area (Å²) in [4.78, 5) is 2.43. The number of ether oxygens (including phenoxy) is 1. The third-order valence-electron chi connectivity index (χ3n) is 4.36. The van der Waals surface area contributed by atoms with Gasteiger partial charge in [-0.3, -0.25) is 10.2 Å². The predicted octanol–water partition coefficient (Wildman–Crippen LogP) is 2.16. The van der Waals surface area contributed by atoms with Crippen LogP contribution in [0.2, 0.25) is 0 Å². The van der Waals surface area contributed by atoms with Gasteiger partial charge >= 0.3 is 0 Å². The lowest BCUT2D eigenvalue weighted by molar-refractivity contribution is -0.000715. The summed E-state index contributed by atoms with van der Waals surface area (Å²) < 4.78 is 5.77. The Morgan fingerprint density at radius 2 is 2.15 bits per heavy atom. The molecule has 0 bridgehead atoms. The number of nitriles is 1. The summed E-state index contributed by atoms with van der Waals surface area (Å²) in [7, 11) is 0. The van der Waals surface area contributed by atoms with Gasteiger partial charge in [-0.25, -0.2) is 0 Å². The molecule has 2 unspecified atom stereocenters. The van der Waals surface area contributed by atoms with Gasteiger partial charge in [0, 0.05) is 25.7 Å². The largest absolute Gasteiger partial charge is 0.377 e. The molecule has 0 amide bonds. The molecule has 0 aromatic heterocycles. The summed E-state index contributed by atoms with van der Waals surface area (Å²) in [6, 6.07) is 2.96. The van der Waals surface area contributed by atoms with Gasteiger partial charge in [0.25, 0.3) is 0 Å². The summed E-state index contributed by atoms with van der Waals surface area (Å²) in [6.45, 7) is 10.0. The molecule has 2 rings (SSSR count). The van der Waals surface area contributed by atoms with Crippen LogP contribution in [0.25, 0.3) is 0 Å². The minimum absolute atomic E-state index is 0.350. The second kappa shape index (κ2) is 6.89. The van der Waals surface area contributed by atoms with Crippen LogP contribution in [0.5, 0.6) is 0 Å². The fourth-order valence-electron chi connectivity index (χ4n) is 3.42. The zero-order valence-corrected chi connectivity index (χ0v) is 13.2. The maximum Gasteiger partial charge on any atom is 0.122 e. The molecule has 1 aliphatic heterocycles. The number of likely N-dealkylation sites (tertiary alicyclic amines) is 1. The Morgan fingerprint density at radius 1 is 1.40 bits per heavy atom. The molecule has 0 aromatic rings. The van der Waals surface area contributed by atoms with Gasteiger partial charge in [-0.15, -0.1) is 0 Å². The third kappa shape index (κ3) is 3.94. The number of hydrogen-bond donors (Lipinski definition) is 1. The molecule has 114 valence electrons. The molecule has 1 aliphatic carbocycles.